The van der Waals surface area contributed by atoms with Crippen LogP contribution in [0.25, 0.3) is 54.9 Å². The highest BCUT2D eigenvalue weighted by molar-refractivity contribution is 6.29. The van der Waals surface area contributed by atoms with Gasteiger partial charge in [0.15, 0.2) is 5.58 Å². The monoisotopic (exact) mass is 380 g/mol. The Morgan fingerprint density at radius 1 is 0.679 bits per heavy atom. The molecular weight excluding hydrogens is 368 g/mol. The molecule has 0 amide bonds. The molecule has 0 atom stereocenters. The number of aromatic nitrogens is 2. The van der Waals surface area contributed by atoms with Gasteiger partial charge in [0, 0.05) is 10.9 Å². The largest absolute Gasteiger partial charge is 0.452 e. The molecule has 0 spiro atoms. The van der Waals surface area contributed by atoms with Crippen LogP contribution in [-0.2, 0) is 0 Å². The van der Waals surface area contributed by atoms with E-state index in [1.54, 1.807) is 0 Å². The zero-order chi connectivity index (χ0) is 18.7. The van der Waals surface area contributed by atoms with E-state index < -0.39 is 0 Å². The van der Waals surface area contributed by atoms with Crippen LogP contribution in [0.5, 0.6) is 0 Å². The third kappa shape index (κ3) is 2.17. The zero-order valence-corrected chi connectivity index (χ0v) is 15.4. The molecule has 0 aliphatic carbocycles. The number of fused-ring (bicyclic) bond motifs is 6. The van der Waals surface area contributed by atoms with Crippen LogP contribution >= 0.6 is 11.6 Å². The maximum atomic E-state index is 6.34. The van der Waals surface area contributed by atoms with Gasteiger partial charge < -0.3 is 4.42 Å². The summed E-state index contributed by atoms with van der Waals surface area (Å²) in [7, 11) is 0. The molecular formula is C24H13ClN2O. The molecule has 132 valence electrons. The van der Waals surface area contributed by atoms with Crippen LogP contribution in [0.4, 0.5) is 0 Å². The molecule has 6 rings (SSSR count). The molecule has 0 bridgehead atoms. The van der Waals surface area contributed by atoms with Crippen LogP contribution < -0.4 is 0 Å². The number of benzene rings is 4. The molecule has 0 unspecified atom stereocenters. The average molecular weight is 381 g/mol. The maximum absolute atomic E-state index is 6.34. The van der Waals surface area contributed by atoms with E-state index in [2.05, 4.69) is 52.4 Å². The molecule has 0 aliphatic rings. The van der Waals surface area contributed by atoms with Crippen LogP contribution in [0, 0.1) is 0 Å². The van der Waals surface area contributed by atoms with Gasteiger partial charge in [-0.05, 0) is 51.3 Å². The van der Waals surface area contributed by atoms with E-state index in [1.165, 1.54) is 10.8 Å². The van der Waals surface area contributed by atoms with Gasteiger partial charge in [-0.25, -0.2) is 9.97 Å². The smallest absolute Gasteiger partial charge is 0.223 e. The normalized spacial score (nSPS) is 11.8. The first-order chi connectivity index (χ1) is 13.8. The van der Waals surface area contributed by atoms with Crippen molar-refractivity contribution >= 4 is 55.2 Å². The van der Waals surface area contributed by atoms with Crippen molar-refractivity contribution in [1.29, 1.82) is 0 Å². The Balaban J connectivity index is 1.82. The SMILES string of the molecule is Clc1nc(-c2cc3ccccc3c3ccccc23)c2oc3ccccc3c2n1. The van der Waals surface area contributed by atoms with Crippen LogP contribution in [-0.4, -0.2) is 9.97 Å². The highest BCUT2D eigenvalue weighted by Crippen LogP contribution is 2.39. The zero-order valence-electron chi connectivity index (χ0n) is 14.7. The molecule has 3 nitrogen and oxygen atoms in total. The van der Waals surface area contributed by atoms with Crippen molar-refractivity contribution in [2.24, 2.45) is 0 Å². The third-order valence-electron chi connectivity index (χ3n) is 5.22. The van der Waals surface area contributed by atoms with Gasteiger partial charge in [-0.15, -0.1) is 0 Å². The van der Waals surface area contributed by atoms with Gasteiger partial charge in [0.1, 0.15) is 16.8 Å². The number of nitrogens with zero attached hydrogens (tertiary/aromatic N) is 2. The van der Waals surface area contributed by atoms with Crippen LogP contribution in [0.2, 0.25) is 5.28 Å². The minimum absolute atomic E-state index is 0.214. The Labute approximate surface area is 165 Å². The minimum atomic E-state index is 0.214. The Morgan fingerprint density at radius 3 is 2.21 bits per heavy atom. The van der Waals surface area contributed by atoms with Crippen LogP contribution in [0.3, 0.4) is 0 Å². The Bertz CT molecular complexity index is 1530. The first-order valence-corrected chi connectivity index (χ1v) is 9.43. The van der Waals surface area contributed by atoms with Crippen LogP contribution in [0.15, 0.2) is 83.3 Å². The van der Waals surface area contributed by atoms with E-state index >= 15 is 0 Å². The van der Waals surface area contributed by atoms with Gasteiger partial charge in [0.25, 0.3) is 0 Å². The molecule has 0 saturated carbocycles. The van der Waals surface area contributed by atoms with Gasteiger partial charge >= 0.3 is 0 Å². The first-order valence-electron chi connectivity index (χ1n) is 9.05. The van der Waals surface area contributed by atoms with E-state index in [0.717, 1.165) is 32.8 Å². The number of hydrogen-bond donors (Lipinski definition) is 0. The summed E-state index contributed by atoms with van der Waals surface area (Å²) in [6.45, 7) is 0. The molecule has 0 aliphatic heterocycles. The fourth-order valence-corrected chi connectivity index (χ4v) is 4.17. The molecule has 0 N–H and O–H groups in total. The Kier molecular flexibility index (Phi) is 3.22. The van der Waals surface area contributed by atoms with Crippen molar-refractivity contribution in [2.45, 2.75) is 0 Å². The van der Waals surface area contributed by atoms with E-state index in [-0.39, 0.29) is 5.28 Å². The quantitative estimate of drug-likeness (QED) is 0.227. The number of para-hydroxylation sites is 1. The minimum Gasteiger partial charge on any atom is -0.452 e. The standard InChI is InChI=1S/C24H13ClN2O/c25-24-26-21-18-11-5-6-12-20(18)28-23(21)22(27-24)19-13-14-7-1-2-8-15(14)16-9-3-4-10-17(16)19/h1-13H. The van der Waals surface area contributed by atoms with Crippen molar-refractivity contribution < 1.29 is 4.42 Å². The fourth-order valence-electron chi connectivity index (χ4n) is 4.00. The second-order valence-corrected chi connectivity index (χ2v) is 7.15. The van der Waals surface area contributed by atoms with Gasteiger partial charge in [-0.2, -0.15) is 0 Å². The van der Waals surface area contributed by atoms with Crippen molar-refractivity contribution in [2.75, 3.05) is 0 Å². The van der Waals surface area contributed by atoms with Crippen molar-refractivity contribution in [3.63, 3.8) is 0 Å². The number of rotatable bonds is 1. The third-order valence-corrected chi connectivity index (χ3v) is 5.38. The highest BCUT2D eigenvalue weighted by Gasteiger charge is 2.19. The second kappa shape index (κ2) is 5.78. The predicted octanol–water partition coefficient (Wildman–Crippen LogP) is 7.00. The second-order valence-electron chi connectivity index (χ2n) is 6.81. The lowest BCUT2D eigenvalue weighted by molar-refractivity contribution is 0.667. The summed E-state index contributed by atoms with van der Waals surface area (Å²) in [4.78, 5) is 9.04. The lowest BCUT2D eigenvalue weighted by atomic mass is 9.95. The molecule has 6 aromatic rings. The fraction of sp³-hybridized carbons (Fsp3) is 0. The molecule has 0 saturated heterocycles. The predicted molar refractivity (Wildman–Crippen MR) is 115 cm³/mol. The van der Waals surface area contributed by atoms with Crippen molar-refractivity contribution in [1.82, 2.24) is 9.97 Å². The summed E-state index contributed by atoms with van der Waals surface area (Å²) < 4.78 is 6.17. The van der Waals surface area contributed by atoms with Gasteiger partial charge in [0.2, 0.25) is 5.28 Å². The lowest BCUT2D eigenvalue weighted by Gasteiger charge is -2.10. The topological polar surface area (TPSA) is 38.9 Å². The van der Waals surface area contributed by atoms with Gasteiger partial charge in [-0.1, -0.05) is 60.7 Å². The molecule has 2 heterocycles. The van der Waals surface area contributed by atoms with Crippen LogP contribution in [0.1, 0.15) is 0 Å². The van der Waals surface area contributed by atoms with E-state index in [0.29, 0.717) is 11.3 Å². The molecule has 4 aromatic carbocycles. The van der Waals surface area contributed by atoms with Gasteiger partial charge in [-0.3, -0.25) is 0 Å². The van der Waals surface area contributed by atoms with E-state index in [4.69, 9.17) is 16.0 Å². The molecule has 2 aromatic heterocycles. The highest BCUT2D eigenvalue weighted by atomic mass is 35.5. The summed E-state index contributed by atoms with van der Waals surface area (Å²) in [5.74, 6) is 0. The Hall–Kier alpha value is -3.43. The van der Waals surface area contributed by atoms with Gasteiger partial charge in [0.05, 0.1) is 0 Å². The van der Waals surface area contributed by atoms with E-state index in [9.17, 15) is 0 Å². The molecule has 0 fully saturated rings. The summed E-state index contributed by atoms with van der Waals surface area (Å²) in [5.41, 5.74) is 3.88. The van der Waals surface area contributed by atoms with E-state index in [1.807, 2.05) is 36.4 Å². The molecule has 28 heavy (non-hydrogen) atoms. The Morgan fingerprint density at radius 2 is 1.36 bits per heavy atom. The summed E-state index contributed by atoms with van der Waals surface area (Å²) in [6.07, 6.45) is 0. The summed E-state index contributed by atoms with van der Waals surface area (Å²) in [6, 6.07) is 26.7. The molecule has 4 heteroatoms. The maximum Gasteiger partial charge on any atom is 0.223 e. The number of furan rings is 1. The summed E-state index contributed by atoms with van der Waals surface area (Å²) >= 11 is 6.34. The number of halogens is 1. The van der Waals surface area contributed by atoms with Crippen molar-refractivity contribution in [3.05, 3.63) is 84.1 Å². The molecule has 0 radical (unpaired) electrons. The van der Waals surface area contributed by atoms with Crippen molar-refractivity contribution in [3.8, 4) is 11.3 Å². The number of hydrogen-bond acceptors (Lipinski definition) is 3. The average Bonchev–Trinajstić information content (AvgIpc) is 3.11. The summed E-state index contributed by atoms with van der Waals surface area (Å²) in [5, 5.41) is 5.80. The lowest BCUT2D eigenvalue weighted by Crippen LogP contribution is -1.91. The first kappa shape index (κ1) is 15.6.